The molecule has 1 aromatic carbocycles. The molecule has 1 aromatic heterocycles. The molecule has 2 saturated carbocycles. The van der Waals surface area contributed by atoms with Crippen molar-refractivity contribution < 1.29 is 4.79 Å². The van der Waals surface area contributed by atoms with E-state index in [1.54, 1.807) is 31.3 Å². The van der Waals surface area contributed by atoms with Crippen molar-refractivity contribution in [2.45, 2.75) is 40.0 Å². The summed E-state index contributed by atoms with van der Waals surface area (Å²) in [6, 6.07) is 7.03. The van der Waals surface area contributed by atoms with Crippen LogP contribution < -0.4 is 11.0 Å². The lowest BCUT2D eigenvalue weighted by molar-refractivity contribution is 0.0948. The van der Waals surface area contributed by atoms with Gasteiger partial charge in [0.25, 0.3) is 11.5 Å². The van der Waals surface area contributed by atoms with E-state index in [-0.39, 0.29) is 28.0 Å². The summed E-state index contributed by atoms with van der Waals surface area (Å²) in [5, 5.41) is 9.69. The first kappa shape index (κ1) is 16.9. The van der Waals surface area contributed by atoms with Gasteiger partial charge < -0.3 is 0 Å². The zero-order valence-electron chi connectivity index (χ0n) is 15.7. The summed E-state index contributed by atoms with van der Waals surface area (Å²) in [7, 11) is 1.55. The van der Waals surface area contributed by atoms with Crippen LogP contribution in [0.5, 0.6) is 0 Å². The van der Waals surface area contributed by atoms with Crippen molar-refractivity contribution in [3.05, 3.63) is 40.3 Å². The fourth-order valence-electron chi connectivity index (χ4n) is 4.74. The molecule has 26 heavy (non-hydrogen) atoms. The summed E-state index contributed by atoms with van der Waals surface area (Å²) in [6.07, 6.45) is 3.27. The Hall–Kier alpha value is -2.50. The van der Waals surface area contributed by atoms with E-state index in [1.165, 1.54) is 11.1 Å². The molecule has 4 rings (SSSR count). The van der Waals surface area contributed by atoms with Gasteiger partial charge >= 0.3 is 0 Å². The smallest absolute Gasteiger partial charge is 0.267 e. The molecule has 1 amide bonds. The van der Waals surface area contributed by atoms with Gasteiger partial charge in [0.15, 0.2) is 5.69 Å². The summed E-state index contributed by atoms with van der Waals surface area (Å²) in [5.74, 6) is 0.244. The monoisotopic (exact) mass is 352 g/mol. The maximum atomic E-state index is 12.8. The van der Waals surface area contributed by atoms with E-state index in [2.05, 4.69) is 36.4 Å². The quantitative estimate of drug-likeness (QED) is 0.845. The van der Waals surface area contributed by atoms with Gasteiger partial charge in [-0.15, -0.1) is 0 Å². The minimum absolute atomic E-state index is 0.0317. The summed E-state index contributed by atoms with van der Waals surface area (Å²) in [4.78, 5) is 25.0. The second kappa shape index (κ2) is 5.50. The normalized spacial score (nSPS) is 28.0. The van der Waals surface area contributed by atoms with E-state index in [1.807, 2.05) is 0 Å². The summed E-state index contributed by atoms with van der Waals surface area (Å²) in [6.45, 7) is 6.86. The molecule has 2 fully saturated rings. The highest BCUT2D eigenvalue weighted by Gasteiger charge is 2.60. The molecule has 6 heteroatoms. The molecule has 0 saturated heterocycles. The number of carbonyl (C=O) groups is 1. The lowest BCUT2D eigenvalue weighted by Gasteiger charge is -2.34. The standard InChI is InChI=1S/C20H24N4O2/c1-19(2)12-9-10-20(19,3)15(11-12)21-22-17(25)16-13-7-5-6-8-14(13)18(26)24(4)23-16/h5-8,12H,9-11H2,1-4H3,(H,22,25)/b21-15-/t12-,20-/m1/s1. The lowest BCUT2D eigenvalue weighted by atomic mass is 9.70. The molecular formula is C20H24N4O2. The van der Waals surface area contributed by atoms with E-state index in [4.69, 9.17) is 0 Å². The van der Waals surface area contributed by atoms with Crippen LogP contribution in [-0.4, -0.2) is 21.4 Å². The highest BCUT2D eigenvalue weighted by atomic mass is 16.2. The predicted molar refractivity (Wildman–Crippen MR) is 101 cm³/mol. The van der Waals surface area contributed by atoms with Crippen LogP contribution >= 0.6 is 0 Å². The zero-order chi connectivity index (χ0) is 18.7. The molecule has 0 spiro atoms. The van der Waals surface area contributed by atoms with E-state index in [9.17, 15) is 9.59 Å². The number of aromatic nitrogens is 2. The molecule has 2 atom stereocenters. The van der Waals surface area contributed by atoms with Crippen LogP contribution in [0, 0.1) is 16.7 Å². The number of carbonyl (C=O) groups excluding carboxylic acids is 1. The Labute approximate surface area is 152 Å². The van der Waals surface area contributed by atoms with Gasteiger partial charge in [-0.05, 0) is 36.7 Å². The minimum Gasteiger partial charge on any atom is -0.267 e. The largest absolute Gasteiger partial charge is 0.292 e. The second-order valence-electron chi connectivity index (χ2n) is 8.32. The van der Waals surface area contributed by atoms with Gasteiger partial charge in [-0.2, -0.15) is 10.2 Å². The number of amides is 1. The fraction of sp³-hybridized carbons (Fsp3) is 0.500. The molecule has 0 radical (unpaired) electrons. The molecule has 0 unspecified atom stereocenters. The number of fused-ring (bicyclic) bond motifs is 3. The molecule has 0 aliphatic heterocycles. The highest BCUT2D eigenvalue weighted by molar-refractivity contribution is 6.05. The Balaban J connectivity index is 1.68. The predicted octanol–water partition coefficient (Wildman–Crippen LogP) is 2.87. The van der Waals surface area contributed by atoms with E-state index in [0.717, 1.165) is 18.6 Å². The van der Waals surface area contributed by atoms with Gasteiger partial charge in [0.05, 0.1) is 5.39 Å². The highest BCUT2D eigenvalue weighted by Crippen LogP contribution is 2.63. The first-order valence-corrected chi connectivity index (χ1v) is 9.09. The first-order valence-electron chi connectivity index (χ1n) is 9.09. The number of nitrogens with one attached hydrogen (secondary N) is 1. The average Bonchev–Trinajstić information content (AvgIpc) is 2.96. The van der Waals surface area contributed by atoms with Crippen molar-refractivity contribution in [3.8, 4) is 0 Å². The van der Waals surface area contributed by atoms with Crippen LogP contribution in [-0.2, 0) is 7.05 Å². The molecule has 2 aliphatic rings. The number of hydrogen-bond acceptors (Lipinski definition) is 4. The first-order chi connectivity index (χ1) is 12.3. The number of rotatable bonds is 2. The van der Waals surface area contributed by atoms with Crippen LogP contribution in [0.1, 0.15) is 50.5 Å². The average molecular weight is 352 g/mol. The van der Waals surface area contributed by atoms with Crippen molar-refractivity contribution in [1.29, 1.82) is 0 Å². The Bertz CT molecular complexity index is 1000. The summed E-state index contributed by atoms with van der Waals surface area (Å²) in [5.41, 5.74) is 4.01. The van der Waals surface area contributed by atoms with Crippen molar-refractivity contribution in [3.63, 3.8) is 0 Å². The molecular weight excluding hydrogens is 328 g/mol. The van der Waals surface area contributed by atoms with E-state index in [0.29, 0.717) is 16.7 Å². The van der Waals surface area contributed by atoms with E-state index < -0.39 is 0 Å². The van der Waals surface area contributed by atoms with Crippen LogP contribution in [0.15, 0.2) is 34.2 Å². The molecule has 2 bridgehead atoms. The van der Waals surface area contributed by atoms with Gasteiger partial charge in [0.2, 0.25) is 0 Å². The van der Waals surface area contributed by atoms with Crippen LogP contribution in [0.3, 0.4) is 0 Å². The van der Waals surface area contributed by atoms with Crippen LogP contribution in [0.2, 0.25) is 0 Å². The molecule has 1 heterocycles. The van der Waals surface area contributed by atoms with Crippen molar-refractivity contribution in [1.82, 2.24) is 15.2 Å². The van der Waals surface area contributed by atoms with Crippen molar-refractivity contribution in [2.75, 3.05) is 0 Å². The molecule has 6 nitrogen and oxygen atoms in total. The van der Waals surface area contributed by atoms with Crippen LogP contribution in [0.25, 0.3) is 10.8 Å². The second-order valence-corrected chi connectivity index (χ2v) is 8.32. The van der Waals surface area contributed by atoms with Gasteiger partial charge in [-0.3, -0.25) is 9.59 Å². The molecule has 2 aromatic rings. The maximum Gasteiger partial charge on any atom is 0.292 e. The van der Waals surface area contributed by atoms with Gasteiger partial charge in [-0.25, -0.2) is 10.1 Å². The fourth-order valence-corrected chi connectivity index (χ4v) is 4.74. The van der Waals surface area contributed by atoms with Gasteiger partial charge in [-0.1, -0.05) is 39.0 Å². The van der Waals surface area contributed by atoms with Crippen molar-refractivity contribution in [2.24, 2.45) is 28.9 Å². The number of benzene rings is 1. The number of hydrogen-bond donors (Lipinski definition) is 1. The summed E-state index contributed by atoms with van der Waals surface area (Å²) >= 11 is 0. The van der Waals surface area contributed by atoms with Crippen molar-refractivity contribution >= 4 is 22.4 Å². The SMILES string of the molecule is Cn1nc(C(=O)N/N=C2/C[C@H]3CC[C@@]2(C)C3(C)C)c2ccccc2c1=O. The number of aryl methyl sites for hydroxylation is 1. The molecule has 136 valence electrons. The summed E-state index contributed by atoms with van der Waals surface area (Å²) < 4.78 is 1.20. The molecule has 2 aliphatic carbocycles. The third kappa shape index (κ3) is 2.17. The third-order valence-electron chi connectivity index (χ3n) is 6.98. The minimum atomic E-state index is -0.381. The number of hydrazone groups is 1. The Morgan fingerprint density at radius 2 is 1.96 bits per heavy atom. The Morgan fingerprint density at radius 3 is 2.58 bits per heavy atom. The van der Waals surface area contributed by atoms with Gasteiger partial charge in [0.1, 0.15) is 0 Å². The third-order valence-corrected chi connectivity index (χ3v) is 6.98. The maximum absolute atomic E-state index is 12.8. The lowest BCUT2D eigenvalue weighted by Crippen LogP contribution is -2.34. The molecule has 1 N–H and O–H groups in total. The topological polar surface area (TPSA) is 76.3 Å². The Kier molecular flexibility index (Phi) is 3.58. The zero-order valence-corrected chi connectivity index (χ0v) is 15.7. The van der Waals surface area contributed by atoms with E-state index >= 15 is 0 Å². The van der Waals surface area contributed by atoms with Gasteiger partial charge in [0, 0.05) is 23.6 Å². The number of nitrogens with zero attached hydrogens (tertiary/aromatic N) is 3. The Morgan fingerprint density at radius 1 is 1.27 bits per heavy atom. The van der Waals surface area contributed by atoms with Crippen LogP contribution in [0.4, 0.5) is 0 Å².